The van der Waals surface area contributed by atoms with E-state index in [1.54, 1.807) is 7.11 Å². The van der Waals surface area contributed by atoms with Crippen LogP contribution in [0.1, 0.15) is 37.3 Å². The summed E-state index contributed by atoms with van der Waals surface area (Å²) in [6.45, 7) is 6.03. The van der Waals surface area contributed by atoms with Crippen molar-refractivity contribution in [2.24, 2.45) is 10.9 Å². The molecule has 0 radical (unpaired) electrons. The fourth-order valence-electron chi connectivity index (χ4n) is 3.90. The Morgan fingerprint density at radius 2 is 2.15 bits per heavy atom. The third-order valence-electron chi connectivity index (χ3n) is 5.40. The lowest BCUT2D eigenvalue weighted by atomic mass is 10.1. The van der Waals surface area contributed by atoms with E-state index in [4.69, 9.17) is 9.47 Å². The summed E-state index contributed by atoms with van der Waals surface area (Å²) in [6, 6.07) is 0. The molecule has 1 unspecified atom stereocenters. The van der Waals surface area contributed by atoms with Gasteiger partial charge in [0.15, 0.2) is 5.96 Å². The van der Waals surface area contributed by atoms with Crippen molar-refractivity contribution < 1.29 is 9.47 Å². The second kappa shape index (κ2) is 10.6. The first kappa shape index (κ1) is 20.1. The summed E-state index contributed by atoms with van der Waals surface area (Å²) in [6.07, 6.45) is 6.83. The number of guanidine groups is 1. The molecule has 8 nitrogen and oxygen atoms in total. The van der Waals surface area contributed by atoms with Crippen molar-refractivity contribution in [3.8, 4) is 0 Å². The van der Waals surface area contributed by atoms with Crippen molar-refractivity contribution in [1.29, 1.82) is 0 Å². The molecule has 0 aliphatic carbocycles. The van der Waals surface area contributed by atoms with Crippen LogP contribution in [0.15, 0.2) is 4.99 Å². The van der Waals surface area contributed by atoms with Gasteiger partial charge < -0.3 is 24.3 Å². The molecule has 1 aromatic rings. The highest BCUT2D eigenvalue weighted by Crippen LogP contribution is 2.17. The average molecular weight is 379 g/mol. The van der Waals surface area contributed by atoms with E-state index in [0.717, 1.165) is 69.7 Å². The van der Waals surface area contributed by atoms with E-state index in [1.807, 2.05) is 7.05 Å². The zero-order valence-corrected chi connectivity index (χ0v) is 16.8. The fourth-order valence-corrected chi connectivity index (χ4v) is 3.90. The van der Waals surface area contributed by atoms with Crippen molar-refractivity contribution in [3.63, 3.8) is 0 Å². The van der Waals surface area contributed by atoms with Crippen LogP contribution in [0.25, 0.3) is 0 Å². The summed E-state index contributed by atoms with van der Waals surface area (Å²) in [7, 11) is 3.56. The Balaban J connectivity index is 1.42. The second-order valence-electron chi connectivity index (χ2n) is 7.39. The van der Waals surface area contributed by atoms with Gasteiger partial charge in [0.25, 0.3) is 0 Å². The topological polar surface area (TPSA) is 76.8 Å². The number of methoxy groups -OCH3 is 1. The van der Waals surface area contributed by atoms with Crippen LogP contribution >= 0.6 is 0 Å². The van der Waals surface area contributed by atoms with Crippen LogP contribution in [0.2, 0.25) is 0 Å². The average Bonchev–Trinajstić information content (AvgIpc) is 3.23. The van der Waals surface area contributed by atoms with Gasteiger partial charge in [0, 0.05) is 59.1 Å². The number of aryl methyl sites for hydroxylation is 1. The maximum absolute atomic E-state index is 5.68. The third-order valence-corrected chi connectivity index (χ3v) is 5.40. The van der Waals surface area contributed by atoms with Crippen LogP contribution in [0.3, 0.4) is 0 Å². The van der Waals surface area contributed by atoms with Crippen LogP contribution < -0.4 is 5.32 Å². The van der Waals surface area contributed by atoms with E-state index in [2.05, 4.69) is 30.0 Å². The smallest absolute Gasteiger partial charge is 0.193 e. The molecule has 2 aliphatic heterocycles. The number of fused-ring (bicyclic) bond motifs is 1. The largest absolute Gasteiger partial charge is 0.382 e. The van der Waals surface area contributed by atoms with Crippen LogP contribution in [0.4, 0.5) is 0 Å². The van der Waals surface area contributed by atoms with Gasteiger partial charge in [-0.2, -0.15) is 0 Å². The number of hydrogen-bond donors (Lipinski definition) is 1. The molecule has 152 valence electrons. The summed E-state index contributed by atoms with van der Waals surface area (Å²) in [5.41, 5.74) is 0. The van der Waals surface area contributed by atoms with Crippen molar-refractivity contribution in [2.75, 3.05) is 53.6 Å². The predicted molar refractivity (Wildman–Crippen MR) is 105 cm³/mol. The van der Waals surface area contributed by atoms with Gasteiger partial charge in [0.1, 0.15) is 11.6 Å². The lowest BCUT2D eigenvalue weighted by Crippen LogP contribution is -2.41. The Labute approximate surface area is 162 Å². The molecule has 0 spiro atoms. The van der Waals surface area contributed by atoms with Crippen LogP contribution in [0, 0.1) is 5.92 Å². The van der Waals surface area contributed by atoms with Gasteiger partial charge in [0.05, 0.1) is 19.8 Å². The highest BCUT2D eigenvalue weighted by atomic mass is 16.5. The lowest BCUT2D eigenvalue weighted by molar-refractivity contribution is 0.0536. The Bertz CT molecular complexity index is 603. The maximum Gasteiger partial charge on any atom is 0.193 e. The number of rotatable bonds is 8. The van der Waals surface area contributed by atoms with Gasteiger partial charge in [0.2, 0.25) is 0 Å². The van der Waals surface area contributed by atoms with Gasteiger partial charge in [-0.05, 0) is 19.3 Å². The second-order valence-corrected chi connectivity index (χ2v) is 7.39. The summed E-state index contributed by atoms with van der Waals surface area (Å²) in [5.74, 6) is 3.79. The molecule has 3 heterocycles. The van der Waals surface area contributed by atoms with Crippen molar-refractivity contribution in [3.05, 3.63) is 11.6 Å². The molecule has 1 N–H and O–H groups in total. The van der Waals surface area contributed by atoms with Crippen LogP contribution in [-0.2, 0) is 28.9 Å². The van der Waals surface area contributed by atoms with Gasteiger partial charge in [-0.1, -0.05) is 6.42 Å². The molecule has 1 aromatic heterocycles. The minimum Gasteiger partial charge on any atom is -0.382 e. The fraction of sp³-hybridized carbons (Fsp3) is 0.842. The van der Waals surface area contributed by atoms with E-state index in [1.165, 1.54) is 19.3 Å². The van der Waals surface area contributed by atoms with Gasteiger partial charge in [-0.25, -0.2) is 0 Å². The van der Waals surface area contributed by atoms with Crippen LogP contribution in [0.5, 0.6) is 0 Å². The molecule has 0 bridgehead atoms. The number of nitrogens with one attached hydrogen (secondary N) is 1. The third kappa shape index (κ3) is 5.65. The quantitative estimate of drug-likeness (QED) is 0.415. The Kier molecular flexibility index (Phi) is 7.89. The highest BCUT2D eigenvalue weighted by Gasteiger charge is 2.25. The molecule has 0 saturated carbocycles. The molecule has 1 fully saturated rings. The Morgan fingerprint density at radius 1 is 1.22 bits per heavy atom. The first-order chi connectivity index (χ1) is 13.3. The monoisotopic (exact) mass is 378 g/mol. The molecular weight excluding hydrogens is 344 g/mol. The maximum atomic E-state index is 5.68. The zero-order chi connectivity index (χ0) is 18.9. The summed E-state index contributed by atoms with van der Waals surface area (Å²) in [4.78, 5) is 6.79. The molecule has 0 aromatic carbocycles. The van der Waals surface area contributed by atoms with E-state index >= 15 is 0 Å². The first-order valence-corrected chi connectivity index (χ1v) is 10.2. The zero-order valence-electron chi connectivity index (χ0n) is 16.8. The highest BCUT2D eigenvalue weighted by molar-refractivity contribution is 5.80. The van der Waals surface area contributed by atoms with Crippen molar-refractivity contribution in [1.82, 2.24) is 25.0 Å². The number of likely N-dealkylation sites (tertiary alicyclic amines) is 1. The molecular formula is C19H34N6O2. The molecule has 3 rings (SSSR count). The Hall–Kier alpha value is -1.67. The SMILES string of the molecule is CN=C(NCCc1nnc2n1CCCCC2)N1CCC(COCCOC)C1. The van der Waals surface area contributed by atoms with E-state index < -0.39 is 0 Å². The number of nitrogens with zero attached hydrogens (tertiary/aromatic N) is 5. The van der Waals surface area contributed by atoms with E-state index in [9.17, 15) is 0 Å². The number of aromatic nitrogens is 3. The summed E-state index contributed by atoms with van der Waals surface area (Å²) >= 11 is 0. The Morgan fingerprint density at radius 3 is 3.00 bits per heavy atom. The lowest BCUT2D eigenvalue weighted by Gasteiger charge is -2.21. The molecule has 2 aliphatic rings. The minimum absolute atomic E-state index is 0.563. The van der Waals surface area contributed by atoms with E-state index in [0.29, 0.717) is 19.1 Å². The molecule has 8 heteroatoms. The molecule has 27 heavy (non-hydrogen) atoms. The minimum atomic E-state index is 0.563. The predicted octanol–water partition coefficient (Wildman–Crippen LogP) is 1.11. The van der Waals surface area contributed by atoms with Crippen molar-refractivity contribution >= 4 is 5.96 Å². The van der Waals surface area contributed by atoms with Crippen LogP contribution in [-0.4, -0.2) is 79.2 Å². The van der Waals surface area contributed by atoms with Crippen molar-refractivity contribution in [2.45, 2.75) is 45.1 Å². The van der Waals surface area contributed by atoms with Gasteiger partial charge in [-0.15, -0.1) is 10.2 Å². The standard InChI is InChI=1S/C19H34N6O2/c1-20-19(24-11-8-16(14-24)15-27-13-12-26-2)21-9-7-18-23-22-17-6-4-3-5-10-25(17)18/h16H,3-15H2,1-2H3,(H,20,21). The van der Waals surface area contributed by atoms with E-state index in [-0.39, 0.29) is 0 Å². The molecule has 1 saturated heterocycles. The molecule has 0 amide bonds. The summed E-state index contributed by atoms with van der Waals surface area (Å²) < 4.78 is 13.0. The normalized spacial score (nSPS) is 20.6. The number of aliphatic imine (C=N–C) groups is 1. The number of ether oxygens (including phenoxy) is 2. The summed E-state index contributed by atoms with van der Waals surface area (Å²) in [5, 5.41) is 12.3. The number of hydrogen-bond acceptors (Lipinski definition) is 5. The van der Waals surface area contributed by atoms with Gasteiger partial charge in [-0.3, -0.25) is 4.99 Å². The first-order valence-electron chi connectivity index (χ1n) is 10.2. The molecule has 1 atom stereocenters. The van der Waals surface area contributed by atoms with Gasteiger partial charge >= 0.3 is 0 Å².